The predicted molar refractivity (Wildman–Crippen MR) is 100 cm³/mol. The molecule has 1 aromatic rings. The molecule has 0 bridgehead atoms. The molecule has 23 heavy (non-hydrogen) atoms. The van der Waals surface area contributed by atoms with Gasteiger partial charge in [-0.05, 0) is 37.0 Å². The number of benzene rings is 1. The Balaban J connectivity index is 0.00000264. The van der Waals surface area contributed by atoms with E-state index in [4.69, 9.17) is 15.6 Å². The zero-order valence-corrected chi connectivity index (χ0v) is 16.1. The molecule has 1 atom stereocenters. The number of sulfonamides is 1. The molecule has 1 aliphatic rings. The number of nitrogens with one attached hydrogen (secondary N) is 1. The van der Waals surface area contributed by atoms with Crippen LogP contribution in [0.25, 0.3) is 0 Å². The average Bonchev–Trinajstić information content (AvgIpc) is 2.94. The van der Waals surface area contributed by atoms with Crippen molar-refractivity contribution in [2.75, 3.05) is 13.2 Å². The van der Waals surface area contributed by atoms with Gasteiger partial charge < -0.3 is 15.8 Å². The van der Waals surface area contributed by atoms with E-state index in [0.29, 0.717) is 24.6 Å². The van der Waals surface area contributed by atoms with Crippen LogP contribution in [0.3, 0.4) is 0 Å². The first-order valence-electron chi connectivity index (χ1n) is 7.14. The van der Waals surface area contributed by atoms with E-state index in [2.05, 4.69) is 10.3 Å². The molecule has 1 fully saturated rings. The number of halogens is 1. The number of aryl methyl sites for hydroxylation is 1. The Kier molecular flexibility index (Phi) is 7.71. The number of aliphatic imine (C=N–C) groups is 1. The maximum absolute atomic E-state index is 11.4. The molecule has 0 saturated carbocycles. The monoisotopic (exact) mass is 454 g/mol. The number of hydrogen-bond donors (Lipinski definition) is 3. The second-order valence-corrected chi connectivity index (χ2v) is 6.89. The maximum atomic E-state index is 11.4. The lowest BCUT2D eigenvalue weighted by atomic mass is 10.1. The Hall–Kier alpha value is -0.910. The minimum atomic E-state index is -3.69. The van der Waals surface area contributed by atoms with Crippen molar-refractivity contribution in [1.82, 2.24) is 5.32 Å². The van der Waals surface area contributed by atoms with Crippen molar-refractivity contribution < 1.29 is 13.2 Å². The molecule has 0 aromatic heterocycles. The normalized spacial score (nSPS) is 18.5. The van der Waals surface area contributed by atoms with Crippen LogP contribution in [-0.4, -0.2) is 33.6 Å². The highest BCUT2D eigenvalue weighted by molar-refractivity contribution is 14.0. The molecule has 0 amide bonds. The van der Waals surface area contributed by atoms with Crippen molar-refractivity contribution in [3.8, 4) is 0 Å². The topological polar surface area (TPSA) is 120 Å². The minimum absolute atomic E-state index is 0. The third-order valence-corrected chi connectivity index (χ3v) is 4.58. The Morgan fingerprint density at radius 1 is 1.48 bits per heavy atom. The summed E-state index contributed by atoms with van der Waals surface area (Å²) in [7, 11) is -3.69. The summed E-state index contributed by atoms with van der Waals surface area (Å²) in [6.45, 7) is 3.53. The highest BCUT2D eigenvalue weighted by Crippen LogP contribution is 2.16. The number of rotatable bonds is 5. The largest absolute Gasteiger partial charge is 0.376 e. The highest BCUT2D eigenvalue weighted by Gasteiger charge is 2.15. The van der Waals surface area contributed by atoms with E-state index in [0.717, 1.165) is 25.0 Å². The van der Waals surface area contributed by atoms with E-state index in [9.17, 15) is 8.42 Å². The summed E-state index contributed by atoms with van der Waals surface area (Å²) in [6, 6.07) is 4.92. The molecular weight excluding hydrogens is 431 g/mol. The first kappa shape index (κ1) is 20.1. The second kappa shape index (κ2) is 8.81. The van der Waals surface area contributed by atoms with Gasteiger partial charge in [-0.2, -0.15) is 0 Å². The number of primary sulfonamides is 1. The lowest BCUT2D eigenvalue weighted by molar-refractivity contribution is 0.114. The Morgan fingerprint density at radius 2 is 2.22 bits per heavy atom. The summed E-state index contributed by atoms with van der Waals surface area (Å²) < 4.78 is 28.2. The van der Waals surface area contributed by atoms with Gasteiger partial charge in [-0.25, -0.2) is 18.5 Å². The van der Waals surface area contributed by atoms with Crippen LogP contribution in [-0.2, 0) is 21.3 Å². The summed E-state index contributed by atoms with van der Waals surface area (Å²) in [4.78, 5) is 4.36. The fourth-order valence-electron chi connectivity index (χ4n) is 2.39. The van der Waals surface area contributed by atoms with Crippen molar-refractivity contribution in [2.45, 2.75) is 37.3 Å². The maximum Gasteiger partial charge on any atom is 0.238 e. The molecule has 0 radical (unpaired) electrons. The first-order chi connectivity index (χ1) is 10.4. The third-order valence-electron chi connectivity index (χ3n) is 3.51. The summed E-state index contributed by atoms with van der Waals surface area (Å²) in [5, 5.41) is 8.16. The van der Waals surface area contributed by atoms with Gasteiger partial charge in [0.2, 0.25) is 10.0 Å². The van der Waals surface area contributed by atoms with Gasteiger partial charge in [0.05, 0.1) is 17.5 Å². The molecule has 0 spiro atoms. The molecule has 1 unspecified atom stereocenters. The lowest BCUT2D eigenvalue weighted by Gasteiger charge is -2.11. The Morgan fingerprint density at radius 3 is 2.78 bits per heavy atom. The lowest BCUT2D eigenvalue weighted by Crippen LogP contribution is -2.37. The van der Waals surface area contributed by atoms with Crippen LogP contribution >= 0.6 is 24.0 Å². The van der Waals surface area contributed by atoms with Crippen molar-refractivity contribution in [2.24, 2.45) is 15.9 Å². The molecule has 0 aliphatic carbocycles. The van der Waals surface area contributed by atoms with Crippen LogP contribution in [0.4, 0.5) is 0 Å². The van der Waals surface area contributed by atoms with Crippen molar-refractivity contribution in [1.29, 1.82) is 0 Å². The molecule has 5 N–H and O–H groups in total. The second-order valence-electron chi connectivity index (χ2n) is 5.36. The van der Waals surface area contributed by atoms with Gasteiger partial charge in [0.25, 0.3) is 0 Å². The summed E-state index contributed by atoms with van der Waals surface area (Å²) >= 11 is 0. The van der Waals surface area contributed by atoms with Gasteiger partial charge in [-0.15, -0.1) is 24.0 Å². The van der Waals surface area contributed by atoms with Gasteiger partial charge in [-0.1, -0.05) is 12.1 Å². The number of ether oxygens (including phenoxy) is 1. The van der Waals surface area contributed by atoms with E-state index in [-0.39, 0.29) is 35.0 Å². The molecule has 9 heteroatoms. The third kappa shape index (κ3) is 6.24. The van der Waals surface area contributed by atoms with E-state index in [1.54, 1.807) is 19.1 Å². The molecule has 1 aromatic carbocycles. The number of nitrogens with two attached hydrogens (primary N) is 2. The smallest absolute Gasteiger partial charge is 0.238 e. The van der Waals surface area contributed by atoms with Crippen LogP contribution in [0.15, 0.2) is 28.1 Å². The molecule has 130 valence electrons. The summed E-state index contributed by atoms with van der Waals surface area (Å²) in [5.74, 6) is 0.351. The van der Waals surface area contributed by atoms with Gasteiger partial charge in [0.1, 0.15) is 0 Å². The highest BCUT2D eigenvalue weighted by atomic mass is 127. The molecule has 1 heterocycles. The van der Waals surface area contributed by atoms with Crippen molar-refractivity contribution in [3.05, 3.63) is 29.3 Å². The Bertz CT molecular complexity index is 658. The quantitative estimate of drug-likeness (QED) is 0.346. The number of hydrogen-bond acceptors (Lipinski definition) is 4. The van der Waals surface area contributed by atoms with Crippen LogP contribution in [0.1, 0.15) is 24.0 Å². The predicted octanol–water partition coefficient (Wildman–Crippen LogP) is 0.844. The fourth-order valence-corrected chi connectivity index (χ4v) is 3.15. The molecule has 1 saturated heterocycles. The van der Waals surface area contributed by atoms with Crippen LogP contribution in [0.5, 0.6) is 0 Å². The Labute approximate surface area is 153 Å². The first-order valence-corrected chi connectivity index (χ1v) is 8.68. The summed E-state index contributed by atoms with van der Waals surface area (Å²) in [6.07, 6.45) is 2.32. The van der Waals surface area contributed by atoms with E-state index < -0.39 is 10.0 Å². The van der Waals surface area contributed by atoms with Gasteiger partial charge in [-0.3, -0.25) is 0 Å². The van der Waals surface area contributed by atoms with Gasteiger partial charge in [0, 0.05) is 13.2 Å². The minimum Gasteiger partial charge on any atom is -0.376 e. The standard InChI is InChI=1S/C14H22N4O3S.HI/c1-10-7-11(4-5-13(10)22(16,19)20)8-17-14(15)18-9-12-3-2-6-21-12;/h4-5,7,12H,2-3,6,8-9H2,1H3,(H3,15,17,18)(H2,16,19,20);1H. The molecule has 2 rings (SSSR count). The van der Waals surface area contributed by atoms with E-state index >= 15 is 0 Å². The van der Waals surface area contributed by atoms with Crippen LogP contribution in [0, 0.1) is 6.92 Å². The average molecular weight is 454 g/mol. The zero-order chi connectivity index (χ0) is 16.2. The van der Waals surface area contributed by atoms with Crippen LogP contribution in [0.2, 0.25) is 0 Å². The number of guanidine groups is 1. The number of nitrogens with zero attached hydrogens (tertiary/aromatic N) is 1. The molecule has 7 nitrogen and oxygen atoms in total. The van der Waals surface area contributed by atoms with E-state index in [1.807, 2.05) is 0 Å². The van der Waals surface area contributed by atoms with Gasteiger partial charge in [0.15, 0.2) is 5.96 Å². The SMILES string of the molecule is Cc1cc(CN=C(N)NCC2CCCO2)ccc1S(N)(=O)=O.I. The van der Waals surface area contributed by atoms with Gasteiger partial charge >= 0.3 is 0 Å². The molecular formula is C14H23IN4O3S. The summed E-state index contributed by atoms with van der Waals surface area (Å²) in [5.41, 5.74) is 7.27. The van der Waals surface area contributed by atoms with Crippen molar-refractivity contribution >= 4 is 40.0 Å². The molecule has 1 aliphatic heterocycles. The van der Waals surface area contributed by atoms with Crippen molar-refractivity contribution in [3.63, 3.8) is 0 Å². The fraction of sp³-hybridized carbons (Fsp3) is 0.500. The van der Waals surface area contributed by atoms with Crippen LogP contribution < -0.4 is 16.2 Å². The van der Waals surface area contributed by atoms with E-state index in [1.165, 1.54) is 6.07 Å². The zero-order valence-electron chi connectivity index (χ0n) is 13.0.